The van der Waals surface area contributed by atoms with Crippen molar-refractivity contribution < 1.29 is 4.79 Å². The van der Waals surface area contributed by atoms with Gasteiger partial charge in [0, 0.05) is 51.4 Å². The zero-order chi connectivity index (χ0) is 22.2. The predicted octanol–water partition coefficient (Wildman–Crippen LogP) is 2.65. The molecule has 0 saturated carbocycles. The molecule has 3 aromatic heterocycles. The zero-order valence-corrected chi connectivity index (χ0v) is 18.9. The van der Waals surface area contributed by atoms with E-state index in [9.17, 15) is 4.79 Å². The van der Waals surface area contributed by atoms with E-state index in [1.165, 1.54) is 0 Å². The average Bonchev–Trinajstić information content (AvgIpc) is 3.21. The molecule has 168 valence electrons. The number of pyridine rings is 1. The van der Waals surface area contributed by atoms with Crippen LogP contribution < -0.4 is 15.5 Å². The number of anilines is 3. The summed E-state index contributed by atoms with van der Waals surface area (Å²) in [6.45, 7) is 9.05. The number of fused-ring (bicyclic) bond motifs is 3. The number of rotatable bonds is 5. The number of nitrogens with one attached hydrogen (secondary N) is 2. The summed E-state index contributed by atoms with van der Waals surface area (Å²) in [5, 5.41) is 7.47. The average molecular weight is 435 g/mol. The molecule has 5 rings (SSSR count). The van der Waals surface area contributed by atoms with Crippen molar-refractivity contribution in [1.82, 2.24) is 29.7 Å². The lowest BCUT2D eigenvalue weighted by atomic mass is 9.96. The summed E-state index contributed by atoms with van der Waals surface area (Å²) in [6, 6.07) is 6.13. The number of aromatic nitrogens is 4. The highest BCUT2D eigenvalue weighted by atomic mass is 16.2. The Morgan fingerprint density at radius 3 is 2.75 bits per heavy atom. The third-order valence-corrected chi connectivity index (χ3v) is 6.70. The number of nitrogens with zero attached hydrogens (tertiary/aromatic N) is 6. The molecule has 9 nitrogen and oxygen atoms in total. The minimum absolute atomic E-state index is 0.0298. The lowest BCUT2D eigenvalue weighted by Gasteiger charge is -2.35. The molecule has 5 heterocycles. The maximum atomic E-state index is 12.8. The number of carbonyl (C=O) groups excluding carboxylic acids is 1. The van der Waals surface area contributed by atoms with Gasteiger partial charge in [-0.2, -0.15) is 4.98 Å². The Kier molecular flexibility index (Phi) is 5.42. The molecule has 2 N–H and O–H groups in total. The van der Waals surface area contributed by atoms with Gasteiger partial charge in [-0.05, 0) is 24.1 Å². The van der Waals surface area contributed by atoms with Crippen molar-refractivity contribution in [1.29, 1.82) is 0 Å². The highest BCUT2D eigenvalue weighted by Gasteiger charge is 2.33. The molecule has 0 radical (unpaired) electrons. The van der Waals surface area contributed by atoms with Gasteiger partial charge in [-0.15, -0.1) is 0 Å². The van der Waals surface area contributed by atoms with Gasteiger partial charge in [0.1, 0.15) is 17.2 Å². The van der Waals surface area contributed by atoms with Gasteiger partial charge in [-0.3, -0.25) is 4.79 Å². The fourth-order valence-corrected chi connectivity index (χ4v) is 4.60. The third-order valence-electron chi connectivity index (χ3n) is 6.70. The smallest absolute Gasteiger partial charge is 0.270 e. The molecule has 3 aromatic rings. The van der Waals surface area contributed by atoms with E-state index in [0.29, 0.717) is 29.9 Å². The highest BCUT2D eigenvalue weighted by Crippen LogP contribution is 2.33. The molecular weight excluding hydrogens is 404 g/mol. The Balaban J connectivity index is 1.44. The fourth-order valence-electron chi connectivity index (χ4n) is 4.60. The second-order valence-electron chi connectivity index (χ2n) is 8.77. The van der Waals surface area contributed by atoms with Crippen LogP contribution in [0.15, 0.2) is 30.6 Å². The Morgan fingerprint density at radius 1 is 1.22 bits per heavy atom. The molecule has 9 heteroatoms. The monoisotopic (exact) mass is 434 g/mol. The molecular formula is C23H30N8O. The van der Waals surface area contributed by atoms with Gasteiger partial charge >= 0.3 is 0 Å². The molecule has 2 aliphatic rings. The first kappa shape index (κ1) is 20.7. The molecule has 1 saturated heterocycles. The van der Waals surface area contributed by atoms with Crippen molar-refractivity contribution in [3.05, 3.63) is 36.3 Å². The first-order chi connectivity index (χ1) is 15.5. The fraction of sp³-hybridized carbons (Fsp3) is 0.478. The van der Waals surface area contributed by atoms with Crippen molar-refractivity contribution in [2.75, 3.05) is 50.0 Å². The molecule has 2 atom stereocenters. The molecule has 0 aliphatic carbocycles. The maximum absolute atomic E-state index is 12.8. The Hall–Kier alpha value is -3.20. The van der Waals surface area contributed by atoms with E-state index in [1.807, 2.05) is 30.3 Å². The lowest BCUT2D eigenvalue weighted by Crippen LogP contribution is -2.43. The lowest BCUT2D eigenvalue weighted by molar-refractivity contribution is 0.0692. The van der Waals surface area contributed by atoms with Crippen molar-refractivity contribution in [2.45, 2.75) is 26.3 Å². The number of amides is 1. The molecule has 0 spiro atoms. The molecule has 1 unspecified atom stereocenters. The van der Waals surface area contributed by atoms with Crippen molar-refractivity contribution in [2.24, 2.45) is 5.92 Å². The first-order valence-corrected chi connectivity index (χ1v) is 11.4. The van der Waals surface area contributed by atoms with Crippen molar-refractivity contribution >= 4 is 34.4 Å². The van der Waals surface area contributed by atoms with Crippen molar-refractivity contribution in [3.63, 3.8) is 0 Å². The van der Waals surface area contributed by atoms with Crippen LogP contribution in [0.2, 0.25) is 0 Å². The van der Waals surface area contributed by atoms with E-state index in [-0.39, 0.29) is 11.9 Å². The van der Waals surface area contributed by atoms with Crippen LogP contribution in [-0.4, -0.2) is 70.1 Å². The summed E-state index contributed by atoms with van der Waals surface area (Å²) in [6.07, 6.45) is 4.70. The van der Waals surface area contributed by atoms with Crippen LogP contribution in [0.1, 0.15) is 36.8 Å². The molecule has 0 bridgehead atoms. The third kappa shape index (κ3) is 3.66. The highest BCUT2D eigenvalue weighted by molar-refractivity contribution is 5.98. The largest absolute Gasteiger partial charge is 0.368 e. The number of piperazine rings is 1. The number of carbonyl (C=O) groups is 1. The summed E-state index contributed by atoms with van der Waals surface area (Å²) in [7, 11) is 1.87. The van der Waals surface area contributed by atoms with E-state index in [0.717, 1.165) is 49.3 Å². The summed E-state index contributed by atoms with van der Waals surface area (Å²) in [5.74, 6) is 1.63. The molecule has 32 heavy (non-hydrogen) atoms. The van der Waals surface area contributed by atoms with Gasteiger partial charge < -0.3 is 25.0 Å². The number of hydrogen-bond donors (Lipinski definition) is 2. The van der Waals surface area contributed by atoms with Crippen LogP contribution in [0.5, 0.6) is 0 Å². The van der Waals surface area contributed by atoms with Crippen LogP contribution in [0.25, 0.3) is 11.0 Å². The van der Waals surface area contributed by atoms with Gasteiger partial charge in [0.15, 0.2) is 0 Å². The van der Waals surface area contributed by atoms with E-state index < -0.39 is 0 Å². The van der Waals surface area contributed by atoms with Crippen LogP contribution in [-0.2, 0) is 0 Å². The van der Waals surface area contributed by atoms with E-state index in [1.54, 1.807) is 6.20 Å². The van der Waals surface area contributed by atoms with E-state index >= 15 is 0 Å². The molecule has 0 aromatic carbocycles. The Bertz CT molecular complexity index is 1120. The first-order valence-electron chi connectivity index (χ1n) is 11.4. The number of likely N-dealkylation sites (N-methyl/N-ethyl adjacent to an activating group) is 1. The Morgan fingerprint density at radius 2 is 2.03 bits per heavy atom. The quantitative estimate of drug-likeness (QED) is 0.638. The Labute approximate surface area is 187 Å². The molecule has 1 fully saturated rings. The summed E-state index contributed by atoms with van der Waals surface area (Å²) < 4.78 is 2.11. The van der Waals surface area contributed by atoms with Crippen LogP contribution >= 0.6 is 0 Å². The van der Waals surface area contributed by atoms with Gasteiger partial charge in [0.25, 0.3) is 5.91 Å². The molecule has 1 amide bonds. The van der Waals surface area contributed by atoms with Crippen LogP contribution in [0.4, 0.5) is 17.5 Å². The van der Waals surface area contributed by atoms with Crippen LogP contribution in [0, 0.1) is 5.92 Å². The zero-order valence-electron chi connectivity index (χ0n) is 18.9. The minimum Gasteiger partial charge on any atom is -0.368 e. The normalized spacial score (nSPS) is 19.8. The SMILES string of the molecule is CCC(C)[C@H]1CN(C)C(=O)c2cc3cnc(Nc4ccc(N5CCNCC5)cn4)nc3n21. The second-order valence-corrected chi connectivity index (χ2v) is 8.77. The van der Waals surface area contributed by atoms with Gasteiger partial charge in [0.05, 0.1) is 17.9 Å². The maximum Gasteiger partial charge on any atom is 0.270 e. The standard InChI is InChI=1S/C23H30N8O/c1-4-15(2)19-14-29(3)22(32)18-11-16-12-26-23(28-21(16)31(18)19)27-20-6-5-17(13-25-20)30-9-7-24-8-10-30/h5-6,11-13,15,19,24H,4,7-10,14H2,1-3H3,(H,25,26,27,28)/t15?,19-/m1/s1. The topological polar surface area (TPSA) is 91.2 Å². The molecule has 2 aliphatic heterocycles. The second kappa shape index (κ2) is 8.38. The van der Waals surface area contributed by atoms with E-state index in [4.69, 9.17) is 4.98 Å². The minimum atomic E-state index is 0.0298. The van der Waals surface area contributed by atoms with E-state index in [2.05, 4.69) is 50.0 Å². The van der Waals surface area contributed by atoms with Gasteiger partial charge in [-0.1, -0.05) is 20.3 Å². The van der Waals surface area contributed by atoms with Crippen molar-refractivity contribution in [3.8, 4) is 0 Å². The summed E-state index contributed by atoms with van der Waals surface area (Å²) in [5.41, 5.74) is 2.60. The van der Waals surface area contributed by atoms with Crippen LogP contribution in [0.3, 0.4) is 0 Å². The predicted molar refractivity (Wildman–Crippen MR) is 126 cm³/mol. The van der Waals surface area contributed by atoms with Gasteiger partial charge in [0.2, 0.25) is 5.95 Å². The summed E-state index contributed by atoms with van der Waals surface area (Å²) >= 11 is 0. The van der Waals surface area contributed by atoms with Gasteiger partial charge in [-0.25, -0.2) is 9.97 Å². The summed E-state index contributed by atoms with van der Waals surface area (Å²) in [4.78, 5) is 30.8. The number of hydrogen-bond acceptors (Lipinski definition) is 7.